The Morgan fingerprint density at radius 2 is 1.44 bits per heavy atom. The van der Waals surface area contributed by atoms with E-state index in [1.165, 1.54) is 5.56 Å². The Labute approximate surface area is 145 Å². The maximum absolute atomic E-state index is 5.40. The van der Waals surface area contributed by atoms with Crippen molar-refractivity contribution in [3.05, 3.63) is 60.2 Å². The first-order chi connectivity index (χ1) is 12.3. The lowest BCUT2D eigenvalue weighted by molar-refractivity contribution is 0.354. The number of rotatable bonds is 5. The number of hydrogen-bond acceptors (Lipinski definition) is 6. The molecule has 25 heavy (non-hydrogen) atoms. The molecule has 0 N–H and O–H groups in total. The Bertz CT molecular complexity index is 868. The van der Waals surface area contributed by atoms with Gasteiger partial charge in [-0.05, 0) is 47.6 Å². The minimum atomic E-state index is 0.434. The first-order valence-electron chi connectivity index (χ1n) is 8.11. The van der Waals surface area contributed by atoms with Crippen LogP contribution < -0.4 is 9.47 Å². The highest BCUT2D eigenvalue weighted by Gasteiger charge is 2.40. The lowest BCUT2D eigenvalue weighted by atomic mass is 10.1. The fourth-order valence-electron chi connectivity index (χ4n) is 3.07. The second-order valence-corrected chi connectivity index (χ2v) is 5.98. The predicted octanol–water partition coefficient (Wildman–Crippen LogP) is 3.22. The highest BCUT2D eigenvalue weighted by molar-refractivity contribution is 5.47. The van der Waals surface area contributed by atoms with Gasteiger partial charge in [-0.3, -0.25) is 0 Å². The topological polar surface area (TPSA) is 70.0 Å². The van der Waals surface area contributed by atoms with E-state index in [0.29, 0.717) is 23.5 Å². The second kappa shape index (κ2) is 6.47. The fourth-order valence-corrected chi connectivity index (χ4v) is 3.07. The van der Waals surface area contributed by atoms with Crippen molar-refractivity contribution < 1.29 is 9.47 Å². The minimum absolute atomic E-state index is 0.434. The van der Waals surface area contributed by atoms with E-state index in [9.17, 15) is 0 Å². The molecule has 0 spiro atoms. The summed E-state index contributed by atoms with van der Waals surface area (Å²) in [5.41, 5.74) is 2.39. The van der Waals surface area contributed by atoms with E-state index in [1.54, 1.807) is 32.7 Å². The fraction of sp³-hybridized carbons (Fsp3) is 0.263. The highest BCUT2D eigenvalue weighted by Crippen LogP contribution is 2.55. The van der Waals surface area contributed by atoms with Crippen molar-refractivity contribution >= 4 is 0 Å². The molecule has 1 aromatic carbocycles. The van der Waals surface area contributed by atoms with E-state index < -0.39 is 0 Å². The molecule has 3 aromatic rings. The molecule has 1 aliphatic carbocycles. The Morgan fingerprint density at radius 3 is 2.12 bits per heavy atom. The van der Waals surface area contributed by atoms with Gasteiger partial charge >= 0.3 is 0 Å². The summed E-state index contributed by atoms with van der Waals surface area (Å²) in [6.07, 6.45) is 8.22. The molecule has 1 saturated carbocycles. The van der Waals surface area contributed by atoms with Gasteiger partial charge in [-0.25, -0.2) is 19.9 Å². The molecule has 0 aliphatic heterocycles. The van der Waals surface area contributed by atoms with Crippen molar-refractivity contribution in [3.8, 4) is 23.1 Å². The molecule has 6 heteroatoms. The van der Waals surface area contributed by atoms with Crippen LogP contribution in [0.5, 0.6) is 11.5 Å². The monoisotopic (exact) mass is 334 g/mol. The van der Waals surface area contributed by atoms with Crippen molar-refractivity contribution in [1.29, 1.82) is 0 Å². The summed E-state index contributed by atoms with van der Waals surface area (Å²) < 4.78 is 10.7. The first-order valence-corrected chi connectivity index (χ1v) is 8.11. The predicted molar refractivity (Wildman–Crippen MR) is 92.7 cm³/mol. The summed E-state index contributed by atoms with van der Waals surface area (Å²) in [6.45, 7) is 0. The average Bonchev–Trinajstić information content (AvgIpc) is 3.49. The van der Waals surface area contributed by atoms with Crippen LogP contribution in [0.2, 0.25) is 0 Å². The minimum Gasteiger partial charge on any atom is -0.493 e. The summed E-state index contributed by atoms with van der Waals surface area (Å²) >= 11 is 0. The molecule has 1 fully saturated rings. The molecule has 1 aliphatic rings. The van der Waals surface area contributed by atoms with Crippen LogP contribution >= 0.6 is 0 Å². The molecule has 2 heterocycles. The number of ether oxygens (including phenoxy) is 2. The van der Waals surface area contributed by atoms with Crippen molar-refractivity contribution in [3.63, 3.8) is 0 Å². The largest absolute Gasteiger partial charge is 0.493 e. The van der Waals surface area contributed by atoms with Crippen LogP contribution in [0, 0.1) is 0 Å². The Balaban J connectivity index is 1.52. The number of hydrogen-bond donors (Lipinski definition) is 0. The van der Waals surface area contributed by atoms with Gasteiger partial charge in [0.1, 0.15) is 0 Å². The van der Waals surface area contributed by atoms with Crippen molar-refractivity contribution in [2.24, 2.45) is 0 Å². The van der Waals surface area contributed by atoms with Gasteiger partial charge in [0.05, 0.1) is 14.2 Å². The van der Waals surface area contributed by atoms with Gasteiger partial charge < -0.3 is 9.47 Å². The molecule has 6 nitrogen and oxygen atoms in total. The van der Waals surface area contributed by atoms with E-state index in [1.807, 2.05) is 18.5 Å². The number of benzene rings is 1. The molecular weight excluding hydrogens is 316 g/mol. The summed E-state index contributed by atoms with van der Waals surface area (Å²) in [6, 6.07) is 7.88. The van der Waals surface area contributed by atoms with Crippen LogP contribution in [0.25, 0.3) is 11.6 Å². The van der Waals surface area contributed by atoms with Gasteiger partial charge in [0.2, 0.25) is 0 Å². The standard InChI is InChI=1S/C19H18N4O2/c1-24-16-5-4-12(8-17(16)25-2)14-9-15(14)13-10-22-19(23-11-13)18-20-6-3-7-21-18/h3-8,10-11,14-15H,9H2,1-2H3. The summed E-state index contributed by atoms with van der Waals surface area (Å²) in [7, 11) is 3.30. The smallest absolute Gasteiger partial charge is 0.197 e. The third-order valence-corrected chi connectivity index (χ3v) is 4.49. The van der Waals surface area contributed by atoms with Crippen LogP contribution in [0.3, 0.4) is 0 Å². The van der Waals surface area contributed by atoms with Gasteiger partial charge in [-0.2, -0.15) is 0 Å². The summed E-state index contributed by atoms with van der Waals surface area (Å²) in [5, 5.41) is 0. The molecule has 2 aromatic heterocycles. The molecular formula is C19H18N4O2. The zero-order valence-corrected chi connectivity index (χ0v) is 14.1. The summed E-state index contributed by atoms with van der Waals surface area (Å²) in [5.74, 6) is 3.50. The molecule has 0 amide bonds. The van der Waals surface area contributed by atoms with Crippen molar-refractivity contribution in [1.82, 2.24) is 19.9 Å². The van der Waals surface area contributed by atoms with Crippen LogP contribution in [0.4, 0.5) is 0 Å². The summed E-state index contributed by atoms with van der Waals surface area (Å²) in [4.78, 5) is 17.2. The third-order valence-electron chi connectivity index (χ3n) is 4.49. The zero-order valence-electron chi connectivity index (χ0n) is 14.1. The van der Waals surface area contributed by atoms with Crippen molar-refractivity contribution in [2.75, 3.05) is 14.2 Å². The van der Waals surface area contributed by atoms with Gasteiger partial charge in [0, 0.05) is 24.8 Å². The molecule has 2 atom stereocenters. The third kappa shape index (κ3) is 3.03. The molecule has 126 valence electrons. The Kier molecular flexibility index (Phi) is 4.01. The van der Waals surface area contributed by atoms with E-state index in [-0.39, 0.29) is 0 Å². The van der Waals surface area contributed by atoms with E-state index in [4.69, 9.17) is 9.47 Å². The van der Waals surface area contributed by atoms with Crippen LogP contribution in [-0.4, -0.2) is 34.2 Å². The quantitative estimate of drug-likeness (QED) is 0.713. The Morgan fingerprint density at radius 1 is 0.800 bits per heavy atom. The highest BCUT2D eigenvalue weighted by atomic mass is 16.5. The van der Waals surface area contributed by atoms with Crippen LogP contribution in [0.15, 0.2) is 49.1 Å². The van der Waals surface area contributed by atoms with Crippen molar-refractivity contribution in [2.45, 2.75) is 18.3 Å². The molecule has 0 saturated heterocycles. The van der Waals surface area contributed by atoms with Gasteiger partial charge in [-0.15, -0.1) is 0 Å². The lowest BCUT2D eigenvalue weighted by Crippen LogP contribution is -1.96. The number of aromatic nitrogens is 4. The van der Waals surface area contributed by atoms with E-state index >= 15 is 0 Å². The molecule has 0 radical (unpaired) electrons. The second-order valence-electron chi connectivity index (χ2n) is 5.98. The number of nitrogens with zero attached hydrogens (tertiary/aromatic N) is 4. The van der Waals surface area contributed by atoms with Gasteiger partial charge in [0.15, 0.2) is 23.1 Å². The first kappa shape index (κ1) is 15.5. The van der Waals surface area contributed by atoms with Gasteiger partial charge in [0.25, 0.3) is 0 Å². The molecule has 2 unspecified atom stereocenters. The molecule has 0 bridgehead atoms. The van der Waals surface area contributed by atoms with E-state index in [0.717, 1.165) is 23.5 Å². The number of methoxy groups -OCH3 is 2. The van der Waals surface area contributed by atoms with Crippen LogP contribution in [-0.2, 0) is 0 Å². The maximum Gasteiger partial charge on any atom is 0.197 e. The average molecular weight is 334 g/mol. The zero-order chi connectivity index (χ0) is 17.2. The normalized spacial score (nSPS) is 18.6. The van der Waals surface area contributed by atoms with E-state index in [2.05, 4.69) is 32.1 Å². The maximum atomic E-state index is 5.40. The SMILES string of the molecule is COc1ccc(C2CC2c2cnc(-c3ncccn3)nc2)cc1OC. The lowest BCUT2D eigenvalue weighted by Gasteiger charge is -2.09. The Hall–Kier alpha value is -3.02. The molecule has 4 rings (SSSR count). The van der Waals surface area contributed by atoms with Crippen LogP contribution in [0.1, 0.15) is 29.4 Å². The van der Waals surface area contributed by atoms with Gasteiger partial charge in [-0.1, -0.05) is 6.07 Å².